The lowest BCUT2D eigenvalue weighted by Crippen LogP contribution is -2.12. The van der Waals surface area contributed by atoms with Crippen molar-refractivity contribution in [3.8, 4) is 44.5 Å². The van der Waals surface area contributed by atoms with Gasteiger partial charge < -0.3 is 9.80 Å². The SMILES string of the molecule is c1ccc(-c2ccc(-c3ccccc3N(c3ccccc3)c3ccc4ccc5c(N(c6ccccc6)c6ccccc6-c6ccc(-c7ccccc7)cc6)ccc6ccc3c4c65)cc2)cc1. The summed E-state index contributed by atoms with van der Waals surface area (Å²) in [6, 6.07) is 96.9. The number of para-hydroxylation sites is 4. The fourth-order valence-electron chi connectivity index (χ4n) is 9.90. The second kappa shape index (κ2) is 16.8. The van der Waals surface area contributed by atoms with Crippen molar-refractivity contribution in [2.45, 2.75) is 0 Å². The minimum atomic E-state index is 1.10. The van der Waals surface area contributed by atoms with Gasteiger partial charge >= 0.3 is 0 Å². The van der Waals surface area contributed by atoms with Crippen molar-refractivity contribution in [3.63, 3.8) is 0 Å². The Morgan fingerprint density at radius 3 is 0.894 bits per heavy atom. The summed E-state index contributed by atoms with van der Waals surface area (Å²) in [4.78, 5) is 4.89. The molecule has 0 saturated carbocycles. The molecule has 0 aliphatic heterocycles. The summed E-state index contributed by atoms with van der Waals surface area (Å²) in [6.07, 6.45) is 0. The van der Waals surface area contributed by atoms with E-state index in [2.05, 4.69) is 277 Å². The van der Waals surface area contributed by atoms with Crippen LogP contribution in [-0.2, 0) is 0 Å². The molecule has 0 N–H and O–H groups in total. The van der Waals surface area contributed by atoms with Gasteiger partial charge in [-0.1, -0.05) is 218 Å². The highest BCUT2D eigenvalue weighted by atomic mass is 15.2. The average molecular weight is 841 g/mol. The van der Waals surface area contributed by atoms with E-state index >= 15 is 0 Å². The number of benzene rings is 12. The molecule has 2 nitrogen and oxygen atoms in total. The van der Waals surface area contributed by atoms with Crippen LogP contribution in [0.25, 0.3) is 76.8 Å². The highest BCUT2D eigenvalue weighted by Crippen LogP contribution is 2.50. The molecular formula is C64H44N2. The van der Waals surface area contributed by atoms with Crippen LogP contribution in [0.3, 0.4) is 0 Å². The summed E-state index contributed by atoms with van der Waals surface area (Å²) >= 11 is 0. The third-order valence-corrected chi connectivity index (χ3v) is 13.0. The molecule has 2 heteroatoms. The third kappa shape index (κ3) is 6.93. The van der Waals surface area contributed by atoms with Crippen molar-refractivity contribution in [1.29, 1.82) is 0 Å². The molecule has 12 rings (SSSR count). The summed E-state index contributed by atoms with van der Waals surface area (Å²) in [6.45, 7) is 0. The maximum atomic E-state index is 2.45. The first-order valence-electron chi connectivity index (χ1n) is 22.7. The van der Waals surface area contributed by atoms with E-state index in [0.29, 0.717) is 0 Å². The Bertz CT molecular complexity index is 3360. The van der Waals surface area contributed by atoms with Crippen LogP contribution < -0.4 is 9.80 Å². The Morgan fingerprint density at radius 2 is 0.500 bits per heavy atom. The zero-order valence-corrected chi connectivity index (χ0v) is 36.3. The zero-order chi connectivity index (χ0) is 43.8. The fraction of sp³-hybridized carbons (Fsp3) is 0. The van der Waals surface area contributed by atoms with Crippen molar-refractivity contribution >= 4 is 66.4 Å². The van der Waals surface area contributed by atoms with Crippen LogP contribution in [0, 0.1) is 0 Å². The second-order valence-corrected chi connectivity index (χ2v) is 16.9. The van der Waals surface area contributed by atoms with E-state index in [1.807, 2.05) is 0 Å². The van der Waals surface area contributed by atoms with Gasteiger partial charge in [0.25, 0.3) is 0 Å². The van der Waals surface area contributed by atoms with Crippen LogP contribution in [-0.4, -0.2) is 0 Å². The minimum Gasteiger partial charge on any atom is -0.309 e. The van der Waals surface area contributed by atoms with Crippen LogP contribution in [0.4, 0.5) is 34.1 Å². The van der Waals surface area contributed by atoms with Crippen LogP contribution in [0.2, 0.25) is 0 Å². The van der Waals surface area contributed by atoms with Gasteiger partial charge in [0.2, 0.25) is 0 Å². The lowest BCUT2D eigenvalue weighted by Gasteiger charge is -2.31. The van der Waals surface area contributed by atoms with Gasteiger partial charge in [-0.15, -0.1) is 0 Å². The van der Waals surface area contributed by atoms with E-state index < -0.39 is 0 Å². The Balaban J connectivity index is 1.03. The second-order valence-electron chi connectivity index (χ2n) is 16.9. The van der Waals surface area contributed by atoms with Gasteiger partial charge in [0, 0.05) is 33.3 Å². The lowest BCUT2D eigenvalue weighted by molar-refractivity contribution is 1.30. The van der Waals surface area contributed by atoms with Crippen molar-refractivity contribution in [1.82, 2.24) is 0 Å². The maximum absolute atomic E-state index is 2.45. The topological polar surface area (TPSA) is 6.48 Å². The summed E-state index contributed by atoms with van der Waals surface area (Å²) in [5.74, 6) is 0. The molecule has 12 aromatic rings. The Labute approximate surface area is 385 Å². The van der Waals surface area contributed by atoms with E-state index in [1.165, 1.54) is 76.8 Å². The first kappa shape index (κ1) is 38.9. The molecule has 310 valence electrons. The van der Waals surface area contributed by atoms with Crippen LogP contribution in [0.15, 0.2) is 267 Å². The van der Waals surface area contributed by atoms with Crippen LogP contribution >= 0.6 is 0 Å². The van der Waals surface area contributed by atoms with Gasteiger partial charge in [0.15, 0.2) is 0 Å². The smallest absolute Gasteiger partial charge is 0.0540 e. The molecule has 0 aromatic heterocycles. The molecule has 0 unspecified atom stereocenters. The van der Waals surface area contributed by atoms with Crippen molar-refractivity contribution in [2.24, 2.45) is 0 Å². The maximum Gasteiger partial charge on any atom is 0.0540 e. The summed E-state index contributed by atoms with van der Waals surface area (Å²) in [5, 5.41) is 7.34. The van der Waals surface area contributed by atoms with Gasteiger partial charge in [0.1, 0.15) is 0 Å². The molecule has 0 bridgehead atoms. The number of rotatable bonds is 10. The molecule has 0 heterocycles. The predicted octanol–water partition coefficient (Wildman–Crippen LogP) is 18.2. The fourth-order valence-corrected chi connectivity index (χ4v) is 9.90. The van der Waals surface area contributed by atoms with E-state index in [9.17, 15) is 0 Å². The first-order valence-corrected chi connectivity index (χ1v) is 22.7. The quantitative estimate of drug-likeness (QED) is 0.127. The van der Waals surface area contributed by atoms with E-state index in [0.717, 1.165) is 34.1 Å². The van der Waals surface area contributed by atoms with E-state index in [-0.39, 0.29) is 0 Å². The van der Waals surface area contributed by atoms with Crippen LogP contribution in [0.5, 0.6) is 0 Å². The van der Waals surface area contributed by atoms with Crippen molar-refractivity contribution < 1.29 is 0 Å². The molecule has 0 aliphatic carbocycles. The number of anilines is 6. The molecule has 0 atom stereocenters. The molecule has 0 saturated heterocycles. The molecule has 0 spiro atoms. The van der Waals surface area contributed by atoms with Gasteiger partial charge in [0.05, 0.1) is 22.7 Å². The summed E-state index contributed by atoms with van der Waals surface area (Å²) in [5.41, 5.74) is 16.2. The molecule has 0 radical (unpaired) electrons. The van der Waals surface area contributed by atoms with Gasteiger partial charge in [-0.2, -0.15) is 0 Å². The van der Waals surface area contributed by atoms with Crippen molar-refractivity contribution in [2.75, 3.05) is 9.80 Å². The predicted molar refractivity (Wildman–Crippen MR) is 281 cm³/mol. The minimum absolute atomic E-state index is 1.10. The molecule has 0 fully saturated rings. The summed E-state index contributed by atoms with van der Waals surface area (Å²) in [7, 11) is 0. The normalized spacial score (nSPS) is 11.3. The molecular weight excluding hydrogens is 797 g/mol. The Kier molecular flexibility index (Phi) is 9.89. The van der Waals surface area contributed by atoms with Gasteiger partial charge in [-0.25, -0.2) is 0 Å². The van der Waals surface area contributed by atoms with Gasteiger partial charge in [-0.05, 0) is 103 Å². The van der Waals surface area contributed by atoms with E-state index in [4.69, 9.17) is 0 Å². The Hall–Kier alpha value is -8.72. The molecule has 0 amide bonds. The molecule has 0 aliphatic rings. The lowest BCUT2D eigenvalue weighted by atomic mass is 9.91. The average Bonchev–Trinajstić information content (AvgIpc) is 3.40. The summed E-state index contributed by atoms with van der Waals surface area (Å²) < 4.78 is 0. The monoisotopic (exact) mass is 840 g/mol. The highest BCUT2D eigenvalue weighted by molar-refractivity contribution is 6.28. The number of nitrogens with zero attached hydrogens (tertiary/aromatic N) is 2. The zero-order valence-electron chi connectivity index (χ0n) is 36.3. The molecule has 12 aromatic carbocycles. The Morgan fingerprint density at radius 1 is 0.197 bits per heavy atom. The highest BCUT2D eigenvalue weighted by Gasteiger charge is 2.24. The first-order chi connectivity index (χ1) is 32.8. The number of hydrogen-bond acceptors (Lipinski definition) is 2. The third-order valence-electron chi connectivity index (χ3n) is 13.0. The van der Waals surface area contributed by atoms with Gasteiger partial charge in [-0.3, -0.25) is 0 Å². The van der Waals surface area contributed by atoms with Crippen molar-refractivity contribution in [3.05, 3.63) is 267 Å². The standard InChI is InChI=1S/C64H44N2/c1-5-17-45(18-6-1)47-29-33-49(34-30-47)55-25-13-15-27-59(55)65(53-21-9-3-10-22-53)61-43-39-51-38-42-58-62(44-40-52-37-41-57(61)63(51)64(52)58)66(54-23-11-4-12-24-54)60-28-16-14-26-56(60)50-35-31-48(32-36-50)46-19-7-2-8-20-46/h1-44H. The van der Waals surface area contributed by atoms with Crippen LogP contribution in [0.1, 0.15) is 0 Å². The number of hydrogen-bond donors (Lipinski definition) is 0. The largest absolute Gasteiger partial charge is 0.309 e. The molecule has 66 heavy (non-hydrogen) atoms. The van der Waals surface area contributed by atoms with E-state index in [1.54, 1.807) is 0 Å².